The predicted molar refractivity (Wildman–Crippen MR) is 122 cm³/mol. The first-order valence-electron chi connectivity index (χ1n) is 9.86. The molecular formula is C23H25N3O5S. The van der Waals surface area contributed by atoms with Crippen LogP contribution in [0.4, 0.5) is 0 Å². The summed E-state index contributed by atoms with van der Waals surface area (Å²) in [5, 5.41) is 8.27. The SMILES string of the molecule is COc1cc(C(=O)NCC(=O)NCc2csc(Cc3ccccc3)n2)cc(OC)c1OC. The van der Waals surface area contributed by atoms with E-state index >= 15 is 0 Å². The number of hydrogen-bond acceptors (Lipinski definition) is 7. The molecule has 1 aromatic heterocycles. The Morgan fingerprint density at radius 1 is 0.969 bits per heavy atom. The number of nitrogens with one attached hydrogen (secondary N) is 2. The van der Waals surface area contributed by atoms with Gasteiger partial charge in [-0.2, -0.15) is 0 Å². The molecule has 0 unspecified atom stereocenters. The summed E-state index contributed by atoms with van der Waals surface area (Å²) in [4.78, 5) is 29.2. The van der Waals surface area contributed by atoms with Crippen LogP contribution in [0.15, 0.2) is 47.8 Å². The van der Waals surface area contributed by atoms with Crippen LogP contribution in [-0.2, 0) is 17.8 Å². The molecule has 0 fully saturated rings. The summed E-state index contributed by atoms with van der Waals surface area (Å²) in [5.41, 5.74) is 2.26. The van der Waals surface area contributed by atoms with Crippen LogP contribution >= 0.6 is 11.3 Å². The molecule has 0 atom stereocenters. The molecule has 2 aromatic carbocycles. The summed E-state index contributed by atoms with van der Waals surface area (Å²) in [6, 6.07) is 13.1. The van der Waals surface area contributed by atoms with Gasteiger partial charge in [0.05, 0.1) is 45.1 Å². The van der Waals surface area contributed by atoms with E-state index in [-0.39, 0.29) is 18.0 Å². The third-order valence-corrected chi connectivity index (χ3v) is 5.50. The minimum atomic E-state index is -0.432. The average molecular weight is 456 g/mol. The zero-order valence-corrected chi connectivity index (χ0v) is 19.0. The number of hydrogen-bond donors (Lipinski definition) is 2. The third kappa shape index (κ3) is 5.98. The lowest BCUT2D eigenvalue weighted by atomic mass is 10.1. The Labute approximate surface area is 190 Å². The van der Waals surface area contributed by atoms with Gasteiger partial charge in [-0.1, -0.05) is 30.3 Å². The number of ether oxygens (including phenoxy) is 3. The van der Waals surface area contributed by atoms with E-state index in [0.29, 0.717) is 23.8 Å². The van der Waals surface area contributed by atoms with Crippen LogP contribution in [0, 0.1) is 0 Å². The van der Waals surface area contributed by atoms with E-state index in [1.807, 2.05) is 23.6 Å². The zero-order valence-electron chi connectivity index (χ0n) is 18.1. The topological polar surface area (TPSA) is 98.8 Å². The molecule has 0 saturated heterocycles. The maximum Gasteiger partial charge on any atom is 0.251 e. The van der Waals surface area contributed by atoms with Crippen molar-refractivity contribution < 1.29 is 23.8 Å². The Bertz CT molecular complexity index is 1040. The van der Waals surface area contributed by atoms with Gasteiger partial charge in [-0.3, -0.25) is 9.59 Å². The quantitative estimate of drug-likeness (QED) is 0.488. The minimum absolute atomic E-state index is 0.170. The van der Waals surface area contributed by atoms with Crippen molar-refractivity contribution >= 4 is 23.2 Å². The van der Waals surface area contributed by atoms with Crippen molar-refractivity contribution in [2.45, 2.75) is 13.0 Å². The van der Waals surface area contributed by atoms with E-state index < -0.39 is 5.91 Å². The standard InChI is InChI=1S/C23H25N3O5S/c1-29-18-10-16(11-19(30-2)22(18)31-3)23(28)25-13-20(27)24-12-17-14-32-21(26-17)9-15-7-5-4-6-8-15/h4-8,10-11,14H,9,12-13H2,1-3H3,(H,24,27)(H,25,28). The summed E-state index contributed by atoms with van der Waals surface area (Å²) in [7, 11) is 4.42. The molecule has 8 nitrogen and oxygen atoms in total. The first-order valence-corrected chi connectivity index (χ1v) is 10.7. The van der Waals surface area contributed by atoms with Crippen molar-refractivity contribution in [2.75, 3.05) is 27.9 Å². The molecule has 0 spiro atoms. The second kappa shape index (κ2) is 11.1. The molecule has 0 radical (unpaired) electrons. The van der Waals surface area contributed by atoms with Crippen LogP contribution in [0.2, 0.25) is 0 Å². The normalized spacial score (nSPS) is 10.3. The Balaban J connectivity index is 1.50. The largest absolute Gasteiger partial charge is 0.493 e. The summed E-state index contributed by atoms with van der Waals surface area (Å²) in [5.74, 6) is 0.355. The van der Waals surface area contributed by atoms with E-state index in [1.165, 1.54) is 39.0 Å². The fraction of sp³-hybridized carbons (Fsp3) is 0.261. The lowest BCUT2D eigenvalue weighted by Crippen LogP contribution is -2.36. The van der Waals surface area contributed by atoms with Crippen LogP contribution in [-0.4, -0.2) is 44.7 Å². The van der Waals surface area contributed by atoms with Gasteiger partial charge in [0.25, 0.3) is 5.91 Å². The van der Waals surface area contributed by atoms with Crippen molar-refractivity contribution in [1.29, 1.82) is 0 Å². The van der Waals surface area contributed by atoms with Crippen molar-refractivity contribution in [3.63, 3.8) is 0 Å². The van der Waals surface area contributed by atoms with Crippen molar-refractivity contribution in [1.82, 2.24) is 15.6 Å². The highest BCUT2D eigenvalue weighted by atomic mass is 32.1. The van der Waals surface area contributed by atoms with E-state index in [0.717, 1.165) is 17.1 Å². The number of methoxy groups -OCH3 is 3. The Morgan fingerprint density at radius 3 is 2.28 bits per heavy atom. The smallest absolute Gasteiger partial charge is 0.251 e. The van der Waals surface area contributed by atoms with Gasteiger partial charge in [0.1, 0.15) is 0 Å². The summed E-state index contributed by atoms with van der Waals surface area (Å²) >= 11 is 1.56. The number of carbonyl (C=O) groups excluding carboxylic acids is 2. The number of rotatable bonds is 10. The Hall–Kier alpha value is -3.59. The van der Waals surface area contributed by atoms with Crippen molar-refractivity contribution in [2.24, 2.45) is 0 Å². The van der Waals surface area contributed by atoms with Crippen LogP contribution in [0.1, 0.15) is 26.6 Å². The lowest BCUT2D eigenvalue weighted by Gasteiger charge is -2.14. The fourth-order valence-electron chi connectivity index (χ4n) is 3.01. The molecule has 0 saturated carbocycles. The van der Waals surface area contributed by atoms with Crippen LogP contribution in [0.3, 0.4) is 0 Å². The van der Waals surface area contributed by atoms with Crippen LogP contribution < -0.4 is 24.8 Å². The van der Waals surface area contributed by atoms with E-state index in [2.05, 4.69) is 27.8 Å². The molecule has 32 heavy (non-hydrogen) atoms. The zero-order chi connectivity index (χ0) is 22.9. The van der Waals surface area contributed by atoms with E-state index in [1.54, 1.807) is 11.3 Å². The molecule has 9 heteroatoms. The molecule has 168 valence electrons. The Morgan fingerprint density at radius 2 is 1.66 bits per heavy atom. The maximum atomic E-state index is 12.5. The third-order valence-electron chi connectivity index (χ3n) is 4.60. The maximum absolute atomic E-state index is 12.5. The molecule has 1 heterocycles. The van der Waals surface area contributed by atoms with Gasteiger partial charge in [0, 0.05) is 17.4 Å². The monoisotopic (exact) mass is 455 g/mol. The molecule has 0 aliphatic heterocycles. The Kier molecular flexibility index (Phi) is 8.04. The van der Waals surface area contributed by atoms with Gasteiger partial charge in [-0.15, -0.1) is 11.3 Å². The summed E-state index contributed by atoms with van der Waals surface area (Å²) < 4.78 is 15.8. The summed E-state index contributed by atoms with van der Waals surface area (Å²) in [6.45, 7) is 0.126. The molecular weight excluding hydrogens is 430 g/mol. The van der Waals surface area contributed by atoms with Crippen molar-refractivity contribution in [3.05, 3.63) is 69.7 Å². The van der Waals surface area contributed by atoms with Gasteiger partial charge in [0.15, 0.2) is 11.5 Å². The van der Waals surface area contributed by atoms with Crippen LogP contribution in [0.25, 0.3) is 0 Å². The number of nitrogens with zero attached hydrogens (tertiary/aromatic N) is 1. The number of benzene rings is 2. The lowest BCUT2D eigenvalue weighted by molar-refractivity contribution is -0.120. The van der Waals surface area contributed by atoms with E-state index in [4.69, 9.17) is 14.2 Å². The molecule has 0 aliphatic carbocycles. The number of thiazole rings is 1. The van der Waals surface area contributed by atoms with Gasteiger partial charge in [-0.05, 0) is 17.7 Å². The molecule has 2 N–H and O–H groups in total. The minimum Gasteiger partial charge on any atom is -0.493 e. The highest BCUT2D eigenvalue weighted by Crippen LogP contribution is 2.38. The molecule has 2 amide bonds. The summed E-state index contributed by atoms with van der Waals surface area (Å²) in [6.07, 6.45) is 0.754. The average Bonchev–Trinajstić information content (AvgIpc) is 3.27. The molecule has 3 aromatic rings. The first-order chi connectivity index (χ1) is 15.5. The second-order valence-corrected chi connectivity index (χ2v) is 7.71. The van der Waals surface area contributed by atoms with Crippen LogP contribution in [0.5, 0.6) is 17.2 Å². The molecule has 0 bridgehead atoms. The van der Waals surface area contributed by atoms with Gasteiger partial charge in [0.2, 0.25) is 11.7 Å². The molecule has 0 aliphatic rings. The van der Waals surface area contributed by atoms with Crippen molar-refractivity contribution in [3.8, 4) is 17.2 Å². The van der Waals surface area contributed by atoms with E-state index in [9.17, 15) is 9.59 Å². The molecule has 3 rings (SSSR count). The number of amides is 2. The fourth-order valence-corrected chi connectivity index (χ4v) is 3.84. The predicted octanol–water partition coefficient (Wildman–Crippen LogP) is 2.81. The first kappa shape index (κ1) is 23.1. The highest BCUT2D eigenvalue weighted by Gasteiger charge is 2.17. The van der Waals surface area contributed by atoms with Gasteiger partial charge < -0.3 is 24.8 Å². The van der Waals surface area contributed by atoms with Gasteiger partial charge in [-0.25, -0.2) is 4.98 Å². The number of aromatic nitrogens is 1. The van der Waals surface area contributed by atoms with Gasteiger partial charge >= 0.3 is 0 Å². The highest BCUT2D eigenvalue weighted by molar-refractivity contribution is 7.09. The second-order valence-electron chi connectivity index (χ2n) is 6.77. The number of carbonyl (C=O) groups is 2.